The number of carbonyl (C=O) groups is 1. The molecule has 3 N–H and O–H groups in total. The second-order valence-electron chi connectivity index (χ2n) is 5.63. The molecule has 2 aromatic rings. The van der Waals surface area contributed by atoms with Crippen LogP contribution in [0.25, 0.3) is 6.08 Å². The number of amides is 1. The Morgan fingerprint density at radius 1 is 1.10 bits per heavy atom. The summed E-state index contributed by atoms with van der Waals surface area (Å²) in [6, 6.07) is 14.9. The van der Waals surface area contributed by atoms with Crippen molar-refractivity contribution in [2.75, 3.05) is 5.32 Å². The summed E-state index contributed by atoms with van der Waals surface area (Å²) < 4.78 is -1.93. The number of thiocarbonyl (C=S) groups is 1. The van der Waals surface area contributed by atoms with Crippen LogP contribution in [0.3, 0.4) is 0 Å². The Bertz CT molecular complexity index is 920. The van der Waals surface area contributed by atoms with Crippen LogP contribution in [0.4, 0.5) is 11.4 Å². The number of nitro benzene ring substituents is 1. The Kier molecular flexibility index (Phi) is 8.21. The molecule has 7 nitrogen and oxygen atoms in total. The van der Waals surface area contributed by atoms with Crippen molar-refractivity contribution in [1.82, 2.24) is 10.6 Å². The molecule has 0 heterocycles. The number of carbonyl (C=O) groups excluding carboxylic acids is 1. The van der Waals surface area contributed by atoms with Crippen LogP contribution in [0.1, 0.15) is 5.56 Å². The SMILES string of the molecule is O=C(/C=C/c1ccccc1)N[C@H](NC(=S)Nc1cccc([N+](=O)[O-])c1)C(Cl)(Cl)Cl. The molecule has 1 amide bonds. The van der Waals surface area contributed by atoms with Crippen LogP contribution in [0, 0.1) is 10.1 Å². The molecule has 29 heavy (non-hydrogen) atoms. The van der Waals surface area contributed by atoms with E-state index in [9.17, 15) is 14.9 Å². The molecule has 2 rings (SSSR count). The van der Waals surface area contributed by atoms with Gasteiger partial charge in [0.15, 0.2) is 5.11 Å². The first-order valence-electron chi connectivity index (χ1n) is 8.07. The number of non-ortho nitro benzene ring substituents is 1. The van der Waals surface area contributed by atoms with E-state index in [4.69, 9.17) is 47.0 Å². The normalized spacial score (nSPS) is 12.2. The van der Waals surface area contributed by atoms with Gasteiger partial charge in [-0.1, -0.05) is 71.2 Å². The molecule has 0 bridgehead atoms. The fourth-order valence-electron chi connectivity index (χ4n) is 2.12. The van der Waals surface area contributed by atoms with Gasteiger partial charge in [-0.2, -0.15) is 0 Å². The van der Waals surface area contributed by atoms with Crippen molar-refractivity contribution in [2.45, 2.75) is 9.96 Å². The monoisotopic (exact) mass is 472 g/mol. The quantitative estimate of drug-likeness (QED) is 0.144. The first-order valence-corrected chi connectivity index (χ1v) is 9.61. The number of rotatable bonds is 6. The van der Waals surface area contributed by atoms with Gasteiger partial charge in [-0.3, -0.25) is 14.9 Å². The van der Waals surface area contributed by atoms with E-state index in [1.54, 1.807) is 12.1 Å². The van der Waals surface area contributed by atoms with Crippen molar-refractivity contribution >= 4 is 75.5 Å². The van der Waals surface area contributed by atoms with E-state index >= 15 is 0 Å². The Labute approximate surface area is 187 Å². The summed E-state index contributed by atoms with van der Waals surface area (Å²) in [6.45, 7) is 0. The molecule has 0 aromatic heterocycles. The minimum Gasteiger partial charge on any atom is -0.339 e. The van der Waals surface area contributed by atoms with Crippen molar-refractivity contribution in [3.63, 3.8) is 0 Å². The van der Waals surface area contributed by atoms with Gasteiger partial charge in [0.1, 0.15) is 6.17 Å². The van der Waals surface area contributed by atoms with Crippen LogP contribution in [0.15, 0.2) is 60.7 Å². The van der Waals surface area contributed by atoms with E-state index in [0.29, 0.717) is 5.69 Å². The molecule has 152 valence electrons. The third kappa shape index (κ3) is 7.86. The lowest BCUT2D eigenvalue weighted by atomic mass is 10.2. The summed E-state index contributed by atoms with van der Waals surface area (Å²) >= 11 is 22.9. The highest BCUT2D eigenvalue weighted by atomic mass is 35.6. The number of nitrogens with one attached hydrogen (secondary N) is 3. The van der Waals surface area contributed by atoms with E-state index < -0.39 is 20.8 Å². The number of alkyl halides is 3. The van der Waals surface area contributed by atoms with Gasteiger partial charge in [-0.05, 0) is 29.9 Å². The molecule has 0 aliphatic rings. The summed E-state index contributed by atoms with van der Waals surface area (Å²) in [5, 5.41) is 18.8. The van der Waals surface area contributed by atoms with Crippen LogP contribution in [0.5, 0.6) is 0 Å². The average Bonchev–Trinajstić information content (AvgIpc) is 2.66. The van der Waals surface area contributed by atoms with Gasteiger partial charge in [0.2, 0.25) is 9.70 Å². The number of anilines is 1. The van der Waals surface area contributed by atoms with Gasteiger partial charge in [-0.25, -0.2) is 0 Å². The Hall–Kier alpha value is -2.39. The van der Waals surface area contributed by atoms with Crippen LogP contribution in [-0.4, -0.2) is 25.9 Å². The second kappa shape index (κ2) is 10.4. The number of halogens is 3. The minimum absolute atomic E-state index is 0.00541. The third-order valence-corrected chi connectivity index (χ3v) is 4.31. The molecule has 0 saturated heterocycles. The topological polar surface area (TPSA) is 96.3 Å². The molecule has 0 aliphatic carbocycles. The zero-order valence-corrected chi connectivity index (χ0v) is 17.7. The first-order chi connectivity index (χ1) is 13.6. The lowest BCUT2D eigenvalue weighted by molar-refractivity contribution is -0.384. The van der Waals surface area contributed by atoms with Gasteiger partial charge in [0.05, 0.1) is 4.92 Å². The maximum atomic E-state index is 12.2. The molecule has 2 aromatic carbocycles. The zero-order chi connectivity index (χ0) is 21.4. The highest BCUT2D eigenvalue weighted by Crippen LogP contribution is 2.29. The van der Waals surface area contributed by atoms with Gasteiger partial charge >= 0.3 is 0 Å². The van der Waals surface area contributed by atoms with Gasteiger partial charge in [-0.15, -0.1) is 0 Å². The highest BCUT2D eigenvalue weighted by Gasteiger charge is 2.34. The van der Waals surface area contributed by atoms with Crippen molar-refractivity contribution in [3.8, 4) is 0 Å². The zero-order valence-electron chi connectivity index (χ0n) is 14.6. The van der Waals surface area contributed by atoms with Crippen LogP contribution < -0.4 is 16.0 Å². The molecule has 11 heteroatoms. The van der Waals surface area contributed by atoms with E-state index in [1.807, 2.05) is 30.3 Å². The van der Waals surface area contributed by atoms with Crippen molar-refractivity contribution in [3.05, 3.63) is 76.4 Å². The van der Waals surface area contributed by atoms with Crippen LogP contribution in [-0.2, 0) is 4.79 Å². The minimum atomic E-state index is -1.93. The first kappa shape index (κ1) is 22.9. The van der Waals surface area contributed by atoms with Crippen molar-refractivity contribution < 1.29 is 9.72 Å². The number of benzene rings is 2. The maximum Gasteiger partial charge on any atom is 0.271 e. The summed E-state index contributed by atoms with van der Waals surface area (Å²) in [4.78, 5) is 22.5. The largest absolute Gasteiger partial charge is 0.339 e. The lowest BCUT2D eigenvalue weighted by Gasteiger charge is -2.27. The predicted molar refractivity (Wildman–Crippen MR) is 120 cm³/mol. The van der Waals surface area contributed by atoms with E-state index in [1.165, 1.54) is 24.3 Å². The third-order valence-electron chi connectivity index (χ3n) is 3.43. The summed E-state index contributed by atoms with van der Waals surface area (Å²) in [7, 11) is 0. The number of hydrogen-bond donors (Lipinski definition) is 3. The van der Waals surface area contributed by atoms with Gasteiger partial charge in [0, 0.05) is 23.9 Å². The van der Waals surface area contributed by atoms with E-state index in [-0.39, 0.29) is 10.8 Å². The molecule has 0 aliphatic heterocycles. The predicted octanol–water partition coefficient (Wildman–Crippen LogP) is 4.41. The Balaban J connectivity index is 2.02. The highest BCUT2D eigenvalue weighted by molar-refractivity contribution is 7.80. The molecule has 1 atom stereocenters. The number of nitro groups is 1. The molecule has 0 spiro atoms. The molecule has 0 fully saturated rings. The Morgan fingerprint density at radius 2 is 1.79 bits per heavy atom. The fourth-order valence-corrected chi connectivity index (χ4v) is 2.68. The van der Waals surface area contributed by atoms with E-state index in [2.05, 4.69) is 16.0 Å². The van der Waals surface area contributed by atoms with Crippen molar-refractivity contribution in [1.29, 1.82) is 0 Å². The summed E-state index contributed by atoms with van der Waals surface area (Å²) in [5.74, 6) is -0.518. The van der Waals surface area contributed by atoms with Gasteiger partial charge < -0.3 is 16.0 Å². The summed E-state index contributed by atoms with van der Waals surface area (Å²) in [6.07, 6.45) is 1.72. The maximum absolute atomic E-state index is 12.2. The summed E-state index contributed by atoms with van der Waals surface area (Å²) in [5.41, 5.74) is 1.06. The van der Waals surface area contributed by atoms with Crippen LogP contribution in [0.2, 0.25) is 0 Å². The Morgan fingerprint density at radius 3 is 2.41 bits per heavy atom. The molecule has 0 saturated carbocycles. The molecule has 0 unspecified atom stereocenters. The van der Waals surface area contributed by atoms with Crippen molar-refractivity contribution in [2.24, 2.45) is 0 Å². The lowest BCUT2D eigenvalue weighted by Crippen LogP contribution is -2.55. The smallest absolute Gasteiger partial charge is 0.271 e. The fraction of sp³-hybridized carbons (Fsp3) is 0.111. The molecular formula is C18H15Cl3N4O3S. The number of hydrogen-bond acceptors (Lipinski definition) is 4. The standard InChI is InChI=1S/C18H15Cl3N4O3S/c19-18(20,21)16(23-15(26)10-9-12-5-2-1-3-6-12)24-17(29)22-13-7-4-8-14(11-13)25(27)28/h1-11,16H,(H,23,26)(H2,22,24,29)/b10-9+/t16-/m1/s1. The van der Waals surface area contributed by atoms with E-state index in [0.717, 1.165) is 5.56 Å². The number of nitrogens with zero attached hydrogens (tertiary/aromatic N) is 1. The van der Waals surface area contributed by atoms with Gasteiger partial charge in [0.25, 0.3) is 5.69 Å². The second-order valence-corrected chi connectivity index (χ2v) is 8.41. The molecule has 0 radical (unpaired) electrons. The average molecular weight is 474 g/mol. The van der Waals surface area contributed by atoms with Crippen LogP contribution >= 0.6 is 47.0 Å². The molecular weight excluding hydrogens is 459 g/mol.